The maximum atomic E-state index is 13.7. The zero-order chi connectivity index (χ0) is 33.1. The number of halogens is 3. The number of amides is 2. The van der Waals surface area contributed by atoms with Crippen LogP contribution >= 0.6 is 23.2 Å². The number of rotatable bonds is 11. The third-order valence-electron chi connectivity index (χ3n) is 7.76. The maximum absolute atomic E-state index is 13.7. The Kier molecular flexibility index (Phi) is 10.2. The molecule has 244 valence electrons. The lowest BCUT2D eigenvalue weighted by molar-refractivity contribution is -0.138. The summed E-state index contributed by atoms with van der Waals surface area (Å²) in [6, 6.07) is 10.1. The van der Waals surface area contributed by atoms with Gasteiger partial charge in [-0.2, -0.15) is 0 Å². The number of hydrogen-bond acceptors (Lipinski definition) is 9. The van der Waals surface area contributed by atoms with Gasteiger partial charge >= 0.3 is 0 Å². The van der Waals surface area contributed by atoms with Crippen LogP contribution in [0.5, 0.6) is 5.75 Å². The van der Waals surface area contributed by atoms with Crippen LogP contribution in [0.3, 0.4) is 0 Å². The van der Waals surface area contributed by atoms with Gasteiger partial charge in [-0.1, -0.05) is 41.4 Å². The first kappa shape index (κ1) is 33.2. The number of H-pyrrole nitrogens is 1. The van der Waals surface area contributed by atoms with Gasteiger partial charge in [-0.05, 0) is 26.2 Å². The lowest BCUT2D eigenvalue weighted by Crippen LogP contribution is -2.45. The number of likely N-dealkylation sites (tertiary alicyclic amines) is 1. The third kappa shape index (κ3) is 7.12. The Morgan fingerprint density at radius 1 is 1.22 bits per heavy atom. The molecule has 3 atom stereocenters. The Morgan fingerprint density at radius 2 is 1.98 bits per heavy atom. The zero-order valence-corrected chi connectivity index (χ0v) is 27.2. The molecule has 1 aliphatic rings. The van der Waals surface area contributed by atoms with Gasteiger partial charge in [-0.3, -0.25) is 9.59 Å². The molecule has 4 aromatic rings. The van der Waals surface area contributed by atoms with Crippen LogP contribution in [-0.2, 0) is 9.59 Å². The van der Waals surface area contributed by atoms with Crippen LogP contribution in [0.25, 0.3) is 22.2 Å². The number of methoxy groups -OCH3 is 1. The molecule has 12 nitrogen and oxygen atoms in total. The van der Waals surface area contributed by atoms with Crippen LogP contribution in [0.2, 0.25) is 5.02 Å². The van der Waals surface area contributed by atoms with Crippen molar-refractivity contribution >= 4 is 68.9 Å². The van der Waals surface area contributed by atoms with E-state index in [9.17, 15) is 19.1 Å². The van der Waals surface area contributed by atoms with E-state index < -0.39 is 29.6 Å². The van der Waals surface area contributed by atoms with Gasteiger partial charge < -0.3 is 40.2 Å². The average Bonchev–Trinajstić information content (AvgIpc) is 3.64. The van der Waals surface area contributed by atoms with Crippen molar-refractivity contribution in [1.82, 2.24) is 24.8 Å². The lowest BCUT2D eigenvalue weighted by Gasteiger charge is -2.28. The number of ether oxygens (including phenoxy) is 1. The first-order chi connectivity index (χ1) is 22.0. The number of carbonyl (C=O) groups is 2. The summed E-state index contributed by atoms with van der Waals surface area (Å²) in [4.78, 5) is 43.2. The zero-order valence-electron chi connectivity index (χ0n) is 25.7. The minimum absolute atomic E-state index is 0.0660. The van der Waals surface area contributed by atoms with Crippen LogP contribution in [0.15, 0.2) is 48.8 Å². The number of anilines is 4. The van der Waals surface area contributed by atoms with Crippen molar-refractivity contribution in [2.75, 3.05) is 63.4 Å². The Morgan fingerprint density at radius 3 is 2.70 bits per heavy atom. The minimum Gasteiger partial charge on any atom is -0.494 e. The fourth-order valence-corrected chi connectivity index (χ4v) is 5.69. The van der Waals surface area contributed by atoms with E-state index in [2.05, 4.69) is 20.6 Å². The van der Waals surface area contributed by atoms with Crippen molar-refractivity contribution in [3.05, 3.63) is 53.8 Å². The predicted molar refractivity (Wildman–Crippen MR) is 178 cm³/mol. The number of aliphatic hydroxyl groups excluding tert-OH is 1. The first-order valence-corrected chi connectivity index (χ1v) is 15.3. The molecule has 1 fully saturated rings. The van der Waals surface area contributed by atoms with Crippen LogP contribution in [0, 0.1) is 0 Å². The summed E-state index contributed by atoms with van der Waals surface area (Å²) in [7, 11) is 7.29. The molecule has 2 aromatic heterocycles. The molecule has 2 amide bonds. The fourth-order valence-electron chi connectivity index (χ4n) is 5.37. The number of nitrogens with one attached hydrogen (secondary N) is 3. The maximum Gasteiger partial charge on any atom is 0.273 e. The van der Waals surface area contributed by atoms with Gasteiger partial charge in [0, 0.05) is 61.8 Å². The van der Waals surface area contributed by atoms with Gasteiger partial charge in [0.2, 0.25) is 11.9 Å². The number of aliphatic hydroxyl groups is 1. The van der Waals surface area contributed by atoms with E-state index in [1.165, 1.54) is 13.3 Å². The number of fused-ring (bicyclic) bond motifs is 1. The van der Waals surface area contributed by atoms with Gasteiger partial charge in [-0.15, -0.1) is 0 Å². The highest BCUT2D eigenvalue weighted by atomic mass is 35.5. The molecule has 1 unspecified atom stereocenters. The normalized spacial score (nSPS) is 16.9. The Hall–Kier alpha value is -4.17. The average molecular weight is 674 g/mol. The highest BCUT2D eigenvalue weighted by molar-refractivity contribution is 6.33. The smallest absolute Gasteiger partial charge is 0.273 e. The van der Waals surface area contributed by atoms with Crippen LogP contribution < -0.4 is 20.3 Å². The number of alkyl halides is 2. The second-order valence-electron chi connectivity index (χ2n) is 11.2. The van der Waals surface area contributed by atoms with E-state index >= 15 is 0 Å². The summed E-state index contributed by atoms with van der Waals surface area (Å²) in [5, 5.41) is 17.6. The summed E-state index contributed by atoms with van der Waals surface area (Å²) < 4.78 is 19.5. The van der Waals surface area contributed by atoms with Crippen LogP contribution in [0.4, 0.5) is 27.4 Å². The molecule has 0 aliphatic carbocycles. The minimum atomic E-state index is -2.33. The first-order valence-electron chi connectivity index (χ1n) is 14.5. The second-order valence-corrected chi connectivity index (χ2v) is 12.0. The number of aromatic nitrogens is 3. The number of hydrogen-bond donors (Lipinski definition) is 4. The van der Waals surface area contributed by atoms with Gasteiger partial charge in [0.15, 0.2) is 0 Å². The number of para-hydroxylation sites is 1. The number of nitrogens with zero attached hydrogens (tertiary/aromatic N) is 5. The quantitative estimate of drug-likeness (QED) is 0.170. The fraction of sp³-hybridized carbons (Fsp3) is 0.355. The van der Waals surface area contributed by atoms with E-state index in [1.807, 2.05) is 61.4 Å². The van der Waals surface area contributed by atoms with E-state index in [0.29, 0.717) is 46.6 Å². The molecular formula is C31H35Cl2FN8O4. The second kappa shape index (κ2) is 14.1. The molecule has 5 rings (SSSR count). The van der Waals surface area contributed by atoms with Crippen molar-refractivity contribution in [2.45, 2.75) is 24.2 Å². The molecule has 0 bridgehead atoms. The summed E-state index contributed by atoms with van der Waals surface area (Å²) in [5.41, 5.74) is 1.33. The van der Waals surface area contributed by atoms with Crippen LogP contribution in [-0.4, -0.2) is 107 Å². The largest absolute Gasteiger partial charge is 0.494 e. The van der Waals surface area contributed by atoms with E-state index in [1.54, 1.807) is 12.1 Å². The van der Waals surface area contributed by atoms with E-state index in [0.717, 1.165) is 21.4 Å². The molecule has 46 heavy (non-hydrogen) atoms. The summed E-state index contributed by atoms with van der Waals surface area (Å²) >= 11 is 11.9. The Labute approximate surface area is 275 Å². The Balaban J connectivity index is 1.51. The lowest BCUT2D eigenvalue weighted by atomic mass is 10.1. The molecule has 15 heteroatoms. The van der Waals surface area contributed by atoms with Gasteiger partial charge in [-0.25, -0.2) is 14.4 Å². The molecule has 2 aromatic carbocycles. The molecule has 1 saturated heterocycles. The van der Waals surface area contributed by atoms with Crippen molar-refractivity contribution in [3.8, 4) is 17.0 Å². The van der Waals surface area contributed by atoms with Crippen molar-refractivity contribution < 1.29 is 23.8 Å². The molecule has 0 spiro atoms. The number of benzene rings is 2. The number of β-amino-alcohol motifs (C(OH)–C–C–N with tert-alkyl or cyclic N) is 1. The van der Waals surface area contributed by atoms with E-state index in [4.69, 9.17) is 32.9 Å². The third-order valence-corrected chi connectivity index (χ3v) is 8.22. The Bertz CT molecular complexity index is 1740. The molecule has 3 heterocycles. The summed E-state index contributed by atoms with van der Waals surface area (Å²) in [6.45, 7) is 1.11. The molecule has 0 saturated carbocycles. The van der Waals surface area contributed by atoms with Crippen LogP contribution in [0.1, 0.15) is 6.42 Å². The van der Waals surface area contributed by atoms with E-state index in [-0.39, 0.29) is 18.9 Å². The monoisotopic (exact) mass is 672 g/mol. The predicted octanol–water partition coefficient (Wildman–Crippen LogP) is 4.46. The number of aromatic amines is 1. The van der Waals surface area contributed by atoms with Gasteiger partial charge in [0.25, 0.3) is 11.5 Å². The van der Waals surface area contributed by atoms with Crippen molar-refractivity contribution in [2.24, 2.45) is 0 Å². The highest BCUT2D eigenvalue weighted by Crippen LogP contribution is 2.39. The topological polar surface area (TPSA) is 139 Å². The molecule has 0 radical (unpaired) electrons. The summed E-state index contributed by atoms with van der Waals surface area (Å²) in [6.07, 6.45) is 2.26. The number of carbonyl (C=O) groups excluding carboxylic acids is 2. The standard InChI is InChI=1S/C31H35Cl2FN8O4/c1-40(2)9-10-41(3)24-13-26(46-4)23(12-22(24)37-29(44)25-11-17(43)16-42(25)30(45)28(33)34)38-31-36-15-20(32)27(39-31)19-14-35-21-8-6-5-7-18(19)21/h5-8,12-15,17,25,28,35,43H,9-11,16H2,1-4H3,(H,37,44)(H,36,38,39)/t17-,25+,28?/m1/s1. The van der Waals surface area contributed by atoms with Gasteiger partial charge in [0.05, 0.1) is 47.2 Å². The molecule has 4 N–H and O–H groups in total. The summed E-state index contributed by atoms with van der Waals surface area (Å²) in [5.74, 6) is -1.03. The molecular weight excluding hydrogens is 638 g/mol. The molecule has 1 aliphatic heterocycles. The van der Waals surface area contributed by atoms with Gasteiger partial charge in [0.1, 0.15) is 11.8 Å². The van der Waals surface area contributed by atoms with Crippen molar-refractivity contribution in [1.29, 1.82) is 0 Å². The van der Waals surface area contributed by atoms with Crippen molar-refractivity contribution in [3.63, 3.8) is 0 Å². The number of likely N-dealkylation sites (N-methyl/N-ethyl adjacent to an activating group) is 2. The highest BCUT2D eigenvalue weighted by Gasteiger charge is 2.41. The SMILES string of the molecule is COc1cc(N(C)CCN(C)C)c(NC(=O)[C@@H]2C[C@@H](O)CN2C(=O)C(F)Cl)cc1Nc1ncc(Cl)c(-c2c[nH]c3ccccc23)n1.